The Hall–Kier alpha value is -2.87. The predicted molar refractivity (Wildman–Crippen MR) is 102 cm³/mol. The first kappa shape index (κ1) is 19.9. The zero-order valence-electron chi connectivity index (χ0n) is 15.2. The maximum atomic E-state index is 12.8. The van der Waals surface area contributed by atoms with Gasteiger partial charge in [-0.1, -0.05) is 36.4 Å². The van der Waals surface area contributed by atoms with Gasteiger partial charge < -0.3 is 14.7 Å². The fourth-order valence-electron chi connectivity index (χ4n) is 3.15. The van der Waals surface area contributed by atoms with Gasteiger partial charge in [0.2, 0.25) is 0 Å². The summed E-state index contributed by atoms with van der Waals surface area (Å²) in [7, 11) is -3.17. The Morgan fingerprint density at radius 1 is 1.11 bits per heavy atom. The minimum absolute atomic E-state index is 0.0410. The van der Waals surface area contributed by atoms with Crippen molar-refractivity contribution in [3.05, 3.63) is 65.7 Å². The third kappa shape index (κ3) is 5.10. The molecular weight excluding hydrogens is 382 g/mol. The molecule has 0 aliphatic carbocycles. The molecule has 3 rings (SSSR count). The van der Waals surface area contributed by atoms with Crippen molar-refractivity contribution in [2.75, 3.05) is 18.1 Å². The summed E-state index contributed by atoms with van der Waals surface area (Å²) in [5.41, 5.74) is 0.991. The van der Waals surface area contributed by atoms with Crippen LogP contribution in [0, 0.1) is 0 Å². The number of phenols is 1. The molecule has 0 saturated carbocycles. The van der Waals surface area contributed by atoms with Gasteiger partial charge in [0.25, 0.3) is 5.91 Å². The normalized spacial score (nSPS) is 17.8. The second kappa shape index (κ2) is 8.43. The van der Waals surface area contributed by atoms with E-state index in [-0.39, 0.29) is 29.4 Å². The van der Waals surface area contributed by atoms with E-state index >= 15 is 0 Å². The summed E-state index contributed by atoms with van der Waals surface area (Å²) >= 11 is 0. The highest BCUT2D eigenvalue weighted by atomic mass is 32.2. The number of hydrogen-bond acceptors (Lipinski definition) is 6. The van der Waals surface area contributed by atoms with Crippen molar-refractivity contribution in [1.82, 2.24) is 4.90 Å². The lowest BCUT2D eigenvalue weighted by Gasteiger charge is -2.28. The van der Waals surface area contributed by atoms with Gasteiger partial charge in [-0.3, -0.25) is 4.79 Å². The van der Waals surface area contributed by atoms with E-state index in [1.807, 2.05) is 30.3 Å². The van der Waals surface area contributed by atoms with Crippen molar-refractivity contribution in [1.29, 1.82) is 0 Å². The SMILES string of the molecule is O=C(OCC(=O)N(Cc1ccccc1)[C@@H]1CCS(=O)(=O)C1)c1cccc(O)c1. The average molecular weight is 403 g/mol. The van der Waals surface area contributed by atoms with Crippen LogP contribution in [0.3, 0.4) is 0 Å². The van der Waals surface area contributed by atoms with E-state index in [4.69, 9.17) is 4.74 Å². The van der Waals surface area contributed by atoms with E-state index < -0.39 is 34.4 Å². The number of amides is 1. The van der Waals surface area contributed by atoms with Gasteiger partial charge in [-0.05, 0) is 30.2 Å². The van der Waals surface area contributed by atoms with Crippen LogP contribution in [0.2, 0.25) is 0 Å². The molecule has 1 aliphatic rings. The molecule has 1 saturated heterocycles. The van der Waals surface area contributed by atoms with Crippen LogP contribution in [-0.2, 0) is 25.9 Å². The Morgan fingerprint density at radius 3 is 2.50 bits per heavy atom. The van der Waals surface area contributed by atoms with E-state index in [1.165, 1.54) is 29.2 Å². The molecule has 28 heavy (non-hydrogen) atoms. The Balaban J connectivity index is 1.70. The molecule has 8 heteroatoms. The number of aromatic hydroxyl groups is 1. The third-order valence-electron chi connectivity index (χ3n) is 4.57. The van der Waals surface area contributed by atoms with Gasteiger partial charge in [0, 0.05) is 12.6 Å². The van der Waals surface area contributed by atoms with E-state index in [1.54, 1.807) is 0 Å². The lowest BCUT2D eigenvalue weighted by atomic mass is 10.1. The summed E-state index contributed by atoms with van der Waals surface area (Å²) in [5.74, 6) is -1.32. The van der Waals surface area contributed by atoms with Gasteiger partial charge in [0.05, 0.1) is 17.1 Å². The van der Waals surface area contributed by atoms with Gasteiger partial charge in [0.1, 0.15) is 5.75 Å². The van der Waals surface area contributed by atoms with Crippen molar-refractivity contribution in [3.8, 4) is 5.75 Å². The van der Waals surface area contributed by atoms with E-state index in [0.29, 0.717) is 6.42 Å². The van der Waals surface area contributed by atoms with Gasteiger partial charge in [-0.15, -0.1) is 0 Å². The Morgan fingerprint density at radius 2 is 1.86 bits per heavy atom. The molecule has 0 bridgehead atoms. The number of carbonyl (C=O) groups excluding carboxylic acids is 2. The quantitative estimate of drug-likeness (QED) is 0.738. The van der Waals surface area contributed by atoms with E-state index in [2.05, 4.69) is 0 Å². The van der Waals surface area contributed by atoms with Crippen molar-refractivity contribution < 1.29 is 27.9 Å². The summed E-state index contributed by atoms with van der Waals surface area (Å²) in [6, 6.07) is 14.4. The molecule has 1 atom stereocenters. The monoisotopic (exact) mass is 403 g/mol. The van der Waals surface area contributed by atoms with Crippen LogP contribution in [0.1, 0.15) is 22.3 Å². The van der Waals surface area contributed by atoms with Gasteiger partial charge >= 0.3 is 5.97 Å². The van der Waals surface area contributed by atoms with Crippen LogP contribution in [0.25, 0.3) is 0 Å². The highest BCUT2D eigenvalue weighted by molar-refractivity contribution is 7.91. The number of hydrogen-bond donors (Lipinski definition) is 1. The molecule has 0 aromatic heterocycles. The molecule has 2 aromatic rings. The molecule has 0 spiro atoms. The van der Waals surface area contributed by atoms with Crippen LogP contribution in [-0.4, -0.2) is 54.5 Å². The van der Waals surface area contributed by atoms with Gasteiger partial charge in [-0.25, -0.2) is 13.2 Å². The van der Waals surface area contributed by atoms with Crippen molar-refractivity contribution >= 4 is 21.7 Å². The molecule has 1 N–H and O–H groups in total. The van der Waals surface area contributed by atoms with Crippen molar-refractivity contribution in [2.45, 2.75) is 19.0 Å². The molecule has 2 aromatic carbocycles. The number of ether oxygens (including phenoxy) is 1. The smallest absolute Gasteiger partial charge is 0.338 e. The summed E-state index contributed by atoms with van der Waals surface area (Å²) < 4.78 is 28.8. The van der Waals surface area contributed by atoms with E-state index in [0.717, 1.165) is 5.56 Å². The maximum absolute atomic E-state index is 12.8. The first-order valence-electron chi connectivity index (χ1n) is 8.84. The summed E-state index contributed by atoms with van der Waals surface area (Å²) in [5, 5.41) is 9.44. The summed E-state index contributed by atoms with van der Waals surface area (Å²) in [6.45, 7) is -0.262. The number of esters is 1. The number of rotatable bonds is 6. The number of phenolic OH excluding ortho intramolecular Hbond substituents is 1. The second-order valence-electron chi connectivity index (χ2n) is 6.69. The first-order chi connectivity index (χ1) is 13.3. The molecule has 1 heterocycles. The molecule has 1 fully saturated rings. The zero-order valence-corrected chi connectivity index (χ0v) is 16.0. The average Bonchev–Trinajstić information content (AvgIpc) is 3.04. The molecule has 148 valence electrons. The van der Waals surface area contributed by atoms with Crippen LogP contribution in [0.4, 0.5) is 0 Å². The number of carbonyl (C=O) groups is 2. The Labute approximate surface area is 163 Å². The van der Waals surface area contributed by atoms with Gasteiger partial charge in [-0.2, -0.15) is 0 Å². The minimum atomic E-state index is -3.17. The number of sulfone groups is 1. The van der Waals surface area contributed by atoms with Gasteiger partial charge in [0.15, 0.2) is 16.4 Å². The second-order valence-corrected chi connectivity index (χ2v) is 8.92. The standard InChI is InChI=1S/C20H21NO6S/c22-18-8-4-7-16(11-18)20(24)27-13-19(23)21(12-15-5-2-1-3-6-15)17-9-10-28(25,26)14-17/h1-8,11,17,22H,9-10,12-14H2/t17-/m1/s1. The molecule has 1 aliphatic heterocycles. The van der Waals surface area contributed by atoms with Crippen LogP contribution >= 0.6 is 0 Å². The number of benzene rings is 2. The predicted octanol–water partition coefficient (Wildman–Crippen LogP) is 1.76. The first-order valence-corrected chi connectivity index (χ1v) is 10.7. The maximum Gasteiger partial charge on any atom is 0.338 e. The molecular formula is C20H21NO6S. The van der Waals surface area contributed by atoms with Crippen LogP contribution in [0.15, 0.2) is 54.6 Å². The van der Waals surface area contributed by atoms with Crippen LogP contribution in [0.5, 0.6) is 5.75 Å². The zero-order chi connectivity index (χ0) is 20.1. The Bertz CT molecular complexity index is 958. The summed E-state index contributed by atoms with van der Waals surface area (Å²) in [6.07, 6.45) is 0.363. The third-order valence-corrected chi connectivity index (χ3v) is 6.32. The lowest BCUT2D eigenvalue weighted by Crippen LogP contribution is -2.42. The highest BCUT2D eigenvalue weighted by Gasteiger charge is 2.35. The molecule has 1 amide bonds. The van der Waals surface area contributed by atoms with Crippen molar-refractivity contribution in [2.24, 2.45) is 0 Å². The molecule has 7 nitrogen and oxygen atoms in total. The topological polar surface area (TPSA) is 101 Å². The minimum Gasteiger partial charge on any atom is -0.508 e. The Kier molecular flexibility index (Phi) is 5.99. The highest BCUT2D eigenvalue weighted by Crippen LogP contribution is 2.21. The molecule has 0 radical (unpaired) electrons. The molecule has 0 unspecified atom stereocenters. The largest absolute Gasteiger partial charge is 0.508 e. The lowest BCUT2D eigenvalue weighted by molar-refractivity contribution is -0.137. The fourth-order valence-corrected chi connectivity index (χ4v) is 4.88. The number of nitrogens with zero attached hydrogens (tertiary/aromatic N) is 1. The van der Waals surface area contributed by atoms with Crippen molar-refractivity contribution in [3.63, 3.8) is 0 Å². The van der Waals surface area contributed by atoms with Crippen LogP contribution < -0.4 is 0 Å². The summed E-state index contributed by atoms with van der Waals surface area (Å²) in [4.78, 5) is 26.3. The fraction of sp³-hybridized carbons (Fsp3) is 0.300. The van der Waals surface area contributed by atoms with E-state index in [9.17, 15) is 23.1 Å².